The van der Waals surface area contributed by atoms with Crippen LogP contribution < -0.4 is 0 Å². The molecule has 0 radical (unpaired) electrons. The van der Waals surface area contributed by atoms with E-state index in [0.29, 0.717) is 0 Å². The Bertz CT molecular complexity index is 117. The molecule has 0 aliphatic rings. The van der Waals surface area contributed by atoms with Crippen LogP contribution in [0, 0.1) is 5.92 Å². The summed E-state index contributed by atoms with van der Waals surface area (Å²) in [4.78, 5) is 0. The molecule has 1 atom stereocenters. The summed E-state index contributed by atoms with van der Waals surface area (Å²) in [6.45, 7) is 6.93. The molecule has 0 saturated carbocycles. The van der Waals surface area contributed by atoms with Gasteiger partial charge in [-0.05, 0) is 18.8 Å². The molecular weight excluding hydrogens is 295 g/mol. The summed E-state index contributed by atoms with van der Waals surface area (Å²) in [6, 6.07) is 0. The highest BCUT2D eigenvalue weighted by Gasteiger charge is 2.08. The fourth-order valence-electron chi connectivity index (χ4n) is 2.34. The highest BCUT2D eigenvalue weighted by atomic mass is 127. The highest BCUT2D eigenvalue weighted by molar-refractivity contribution is 14.1. The minimum Gasteiger partial charge on any atom is -0.0826 e. The third-order valence-corrected chi connectivity index (χ3v) is 4.37. The first-order chi connectivity index (χ1) is 7.24. The van der Waals surface area contributed by atoms with Crippen molar-refractivity contribution < 1.29 is 0 Å². The molecule has 0 aromatic rings. The third-order valence-electron chi connectivity index (χ3n) is 3.13. The number of alkyl halides is 1. The van der Waals surface area contributed by atoms with Gasteiger partial charge in [0.05, 0.1) is 0 Å². The van der Waals surface area contributed by atoms with Gasteiger partial charge < -0.3 is 0 Å². The summed E-state index contributed by atoms with van der Waals surface area (Å²) >= 11 is 2.63. The Morgan fingerprint density at radius 3 is 1.73 bits per heavy atom. The van der Waals surface area contributed by atoms with Crippen LogP contribution in [0.1, 0.15) is 78.6 Å². The summed E-state index contributed by atoms with van der Waals surface area (Å²) in [5.41, 5.74) is 0. The van der Waals surface area contributed by atoms with E-state index in [1.807, 2.05) is 0 Å². The van der Waals surface area contributed by atoms with Crippen molar-refractivity contribution in [1.82, 2.24) is 0 Å². The summed E-state index contributed by atoms with van der Waals surface area (Å²) in [7, 11) is 0. The zero-order chi connectivity index (χ0) is 11.5. The number of rotatable bonds is 10. The Kier molecular flexibility index (Phi) is 11.8. The van der Waals surface area contributed by atoms with Crippen molar-refractivity contribution in [3.05, 3.63) is 0 Å². The standard InChI is InChI=1S/C14H29I/c1-4-8-13(9-5-2)11-7-12-14(15)10-6-3/h13-14H,4-12H2,1-3H3. The number of hydrogen-bond acceptors (Lipinski definition) is 0. The van der Waals surface area contributed by atoms with E-state index in [9.17, 15) is 0 Å². The predicted octanol–water partition coefficient (Wildman–Crippen LogP) is 5.98. The summed E-state index contributed by atoms with van der Waals surface area (Å²) in [6.07, 6.45) is 12.8. The summed E-state index contributed by atoms with van der Waals surface area (Å²) in [5, 5.41) is 0. The first kappa shape index (κ1) is 15.7. The van der Waals surface area contributed by atoms with E-state index in [4.69, 9.17) is 0 Å². The molecule has 0 spiro atoms. The first-order valence-electron chi connectivity index (χ1n) is 6.88. The fourth-order valence-corrected chi connectivity index (χ4v) is 3.40. The molecule has 15 heavy (non-hydrogen) atoms. The van der Waals surface area contributed by atoms with Crippen LogP contribution in [0.15, 0.2) is 0 Å². The largest absolute Gasteiger partial charge is 0.0826 e. The highest BCUT2D eigenvalue weighted by Crippen LogP contribution is 2.23. The van der Waals surface area contributed by atoms with Crippen LogP contribution in [0.3, 0.4) is 0 Å². The van der Waals surface area contributed by atoms with E-state index >= 15 is 0 Å². The molecule has 0 rings (SSSR count). The summed E-state index contributed by atoms with van der Waals surface area (Å²) in [5.74, 6) is 1.02. The van der Waals surface area contributed by atoms with E-state index in [-0.39, 0.29) is 0 Å². The van der Waals surface area contributed by atoms with Crippen LogP contribution >= 0.6 is 22.6 Å². The quantitative estimate of drug-likeness (QED) is 0.343. The molecule has 92 valence electrons. The zero-order valence-electron chi connectivity index (χ0n) is 10.9. The second-order valence-electron chi connectivity index (χ2n) is 4.76. The van der Waals surface area contributed by atoms with Crippen molar-refractivity contribution in [2.75, 3.05) is 0 Å². The van der Waals surface area contributed by atoms with Gasteiger partial charge in [0.2, 0.25) is 0 Å². The molecule has 0 nitrogen and oxygen atoms in total. The maximum absolute atomic E-state index is 2.63. The minimum absolute atomic E-state index is 0.927. The second-order valence-corrected chi connectivity index (χ2v) is 6.52. The van der Waals surface area contributed by atoms with Crippen molar-refractivity contribution in [2.24, 2.45) is 5.92 Å². The SMILES string of the molecule is CCCC(I)CCCC(CCC)CCC. The molecule has 0 heterocycles. The van der Waals surface area contributed by atoms with Gasteiger partial charge in [-0.15, -0.1) is 0 Å². The van der Waals surface area contributed by atoms with Gasteiger partial charge >= 0.3 is 0 Å². The average Bonchev–Trinajstić information content (AvgIpc) is 2.19. The molecular formula is C14H29I. The van der Waals surface area contributed by atoms with Gasteiger partial charge in [-0.1, -0.05) is 88.3 Å². The lowest BCUT2D eigenvalue weighted by atomic mass is 9.92. The van der Waals surface area contributed by atoms with Crippen LogP contribution in [0.2, 0.25) is 0 Å². The molecule has 0 aliphatic heterocycles. The van der Waals surface area contributed by atoms with Crippen molar-refractivity contribution in [3.8, 4) is 0 Å². The Morgan fingerprint density at radius 2 is 1.27 bits per heavy atom. The van der Waals surface area contributed by atoms with Gasteiger partial charge in [-0.25, -0.2) is 0 Å². The van der Waals surface area contributed by atoms with Gasteiger partial charge in [-0.2, -0.15) is 0 Å². The maximum atomic E-state index is 2.63. The molecule has 0 aromatic carbocycles. The lowest BCUT2D eigenvalue weighted by Gasteiger charge is -2.16. The molecule has 0 amide bonds. The Labute approximate surface area is 111 Å². The van der Waals surface area contributed by atoms with Crippen molar-refractivity contribution >= 4 is 22.6 Å². The van der Waals surface area contributed by atoms with Gasteiger partial charge in [0, 0.05) is 3.92 Å². The third kappa shape index (κ3) is 9.65. The van der Waals surface area contributed by atoms with E-state index < -0.39 is 0 Å². The van der Waals surface area contributed by atoms with Crippen LogP contribution in [0.25, 0.3) is 0 Å². The second kappa shape index (κ2) is 11.2. The average molecular weight is 324 g/mol. The Morgan fingerprint density at radius 1 is 0.733 bits per heavy atom. The number of halogens is 1. The predicted molar refractivity (Wildman–Crippen MR) is 79.9 cm³/mol. The maximum Gasteiger partial charge on any atom is 0.0109 e. The zero-order valence-corrected chi connectivity index (χ0v) is 13.1. The van der Waals surface area contributed by atoms with Crippen molar-refractivity contribution in [1.29, 1.82) is 0 Å². The van der Waals surface area contributed by atoms with Crippen LogP contribution in [-0.4, -0.2) is 3.92 Å². The molecule has 1 unspecified atom stereocenters. The van der Waals surface area contributed by atoms with Crippen LogP contribution in [0.4, 0.5) is 0 Å². The molecule has 1 heteroatoms. The van der Waals surface area contributed by atoms with Gasteiger partial charge in [0.15, 0.2) is 0 Å². The van der Waals surface area contributed by atoms with Crippen molar-refractivity contribution in [2.45, 2.75) is 82.5 Å². The number of hydrogen-bond donors (Lipinski definition) is 0. The molecule has 0 aromatic heterocycles. The summed E-state index contributed by atoms with van der Waals surface area (Å²) < 4.78 is 0.927. The molecule has 0 bridgehead atoms. The molecule has 0 saturated heterocycles. The van der Waals surface area contributed by atoms with E-state index in [1.54, 1.807) is 0 Å². The lowest BCUT2D eigenvalue weighted by Crippen LogP contribution is -2.03. The lowest BCUT2D eigenvalue weighted by molar-refractivity contribution is 0.394. The smallest absolute Gasteiger partial charge is 0.0109 e. The Hall–Kier alpha value is 0.730. The van der Waals surface area contributed by atoms with Gasteiger partial charge in [0.1, 0.15) is 0 Å². The van der Waals surface area contributed by atoms with Crippen LogP contribution in [0.5, 0.6) is 0 Å². The van der Waals surface area contributed by atoms with E-state index in [2.05, 4.69) is 43.4 Å². The molecule has 0 N–H and O–H groups in total. The topological polar surface area (TPSA) is 0 Å². The normalized spacial score (nSPS) is 13.4. The van der Waals surface area contributed by atoms with E-state index in [1.165, 1.54) is 57.8 Å². The fraction of sp³-hybridized carbons (Fsp3) is 1.00. The minimum atomic E-state index is 0.927. The van der Waals surface area contributed by atoms with E-state index in [0.717, 1.165) is 9.84 Å². The Balaban J connectivity index is 3.51. The molecule has 0 aliphatic carbocycles. The van der Waals surface area contributed by atoms with Crippen LogP contribution in [-0.2, 0) is 0 Å². The monoisotopic (exact) mass is 324 g/mol. The van der Waals surface area contributed by atoms with Gasteiger partial charge in [0.25, 0.3) is 0 Å². The van der Waals surface area contributed by atoms with Crippen molar-refractivity contribution in [3.63, 3.8) is 0 Å². The first-order valence-corrected chi connectivity index (χ1v) is 8.13. The molecule has 0 fully saturated rings. The van der Waals surface area contributed by atoms with Gasteiger partial charge in [-0.3, -0.25) is 0 Å².